The Labute approximate surface area is 134 Å². The van der Waals surface area contributed by atoms with E-state index >= 15 is 0 Å². The molecule has 1 aliphatic rings. The highest BCUT2D eigenvalue weighted by Crippen LogP contribution is 2.22. The van der Waals surface area contributed by atoms with Gasteiger partial charge >= 0.3 is 0 Å². The summed E-state index contributed by atoms with van der Waals surface area (Å²) in [7, 11) is 3.03. The predicted molar refractivity (Wildman–Crippen MR) is 82.7 cm³/mol. The zero-order valence-electron chi connectivity index (χ0n) is 13.2. The molecule has 1 fully saturated rings. The van der Waals surface area contributed by atoms with E-state index in [1.165, 1.54) is 25.1 Å². The van der Waals surface area contributed by atoms with Crippen molar-refractivity contribution in [1.82, 2.24) is 10.2 Å². The first kappa shape index (κ1) is 16.8. The van der Waals surface area contributed by atoms with Crippen molar-refractivity contribution in [3.8, 4) is 11.5 Å². The number of carbonyl (C=O) groups is 3. The summed E-state index contributed by atoms with van der Waals surface area (Å²) in [5, 5.41) is 2.81. The molecule has 1 aromatic rings. The number of nitrogens with one attached hydrogen (secondary N) is 1. The first-order valence-corrected chi connectivity index (χ1v) is 7.33. The minimum atomic E-state index is -0.344. The fraction of sp³-hybridized carbons (Fsp3) is 0.438. The van der Waals surface area contributed by atoms with E-state index in [4.69, 9.17) is 9.47 Å². The van der Waals surface area contributed by atoms with Crippen LogP contribution in [0.25, 0.3) is 0 Å². The number of hydrogen-bond acceptors (Lipinski definition) is 5. The summed E-state index contributed by atoms with van der Waals surface area (Å²) in [5.41, 5.74) is 0.297. The standard InChI is InChI=1S/C16H20N2O5/c1-18(8-15(20)17-12-3-4-12)16(21)10-23-14-6-5-13(22-2)7-11(14)9-19/h5-7,9,12H,3-4,8,10H2,1-2H3,(H,17,20). The third-order valence-corrected chi connectivity index (χ3v) is 3.44. The van der Waals surface area contributed by atoms with Crippen LogP contribution in [0.3, 0.4) is 0 Å². The second-order valence-electron chi connectivity index (χ2n) is 5.40. The van der Waals surface area contributed by atoms with Crippen molar-refractivity contribution in [1.29, 1.82) is 0 Å². The summed E-state index contributed by atoms with van der Waals surface area (Å²) in [6.45, 7) is -0.262. The van der Waals surface area contributed by atoms with E-state index in [0.717, 1.165) is 12.8 Å². The van der Waals surface area contributed by atoms with E-state index < -0.39 is 0 Å². The lowest BCUT2D eigenvalue weighted by molar-refractivity contribution is -0.136. The van der Waals surface area contributed by atoms with Crippen LogP contribution in [0, 0.1) is 0 Å². The fourth-order valence-electron chi connectivity index (χ4n) is 1.93. The molecule has 0 bridgehead atoms. The number of amides is 2. The maximum Gasteiger partial charge on any atom is 0.260 e. The van der Waals surface area contributed by atoms with Crippen LogP contribution in [0.5, 0.6) is 11.5 Å². The number of ether oxygens (including phenoxy) is 2. The second kappa shape index (κ2) is 7.62. The highest BCUT2D eigenvalue weighted by atomic mass is 16.5. The normalized spacial score (nSPS) is 13.1. The molecule has 0 radical (unpaired) electrons. The molecule has 0 atom stereocenters. The number of likely N-dealkylation sites (N-methyl/N-ethyl adjacent to an activating group) is 1. The lowest BCUT2D eigenvalue weighted by Crippen LogP contribution is -2.41. The van der Waals surface area contributed by atoms with Gasteiger partial charge in [-0.05, 0) is 31.0 Å². The Bertz CT molecular complexity index is 598. The van der Waals surface area contributed by atoms with E-state index in [2.05, 4.69) is 5.32 Å². The molecule has 0 saturated heterocycles. The number of carbonyl (C=O) groups excluding carboxylic acids is 3. The fourth-order valence-corrected chi connectivity index (χ4v) is 1.93. The van der Waals surface area contributed by atoms with Crippen LogP contribution in [-0.2, 0) is 9.59 Å². The topological polar surface area (TPSA) is 84.9 Å². The zero-order chi connectivity index (χ0) is 16.8. The van der Waals surface area contributed by atoms with Gasteiger partial charge in [0.25, 0.3) is 5.91 Å². The van der Waals surface area contributed by atoms with Gasteiger partial charge in [0.1, 0.15) is 11.5 Å². The summed E-state index contributed by atoms with van der Waals surface area (Å²) >= 11 is 0. The maximum atomic E-state index is 12.0. The van der Waals surface area contributed by atoms with Crippen LogP contribution in [0.4, 0.5) is 0 Å². The van der Waals surface area contributed by atoms with Gasteiger partial charge in [-0.2, -0.15) is 0 Å². The Morgan fingerprint density at radius 1 is 1.39 bits per heavy atom. The monoisotopic (exact) mass is 320 g/mol. The Kier molecular flexibility index (Phi) is 5.56. The molecule has 0 heterocycles. The van der Waals surface area contributed by atoms with Crippen molar-refractivity contribution in [3.05, 3.63) is 23.8 Å². The molecule has 1 aliphatic carbocycles. The van der Waals surface area contributed by atoms with E-state index in [0.29, 0.717) is 23.3 Å². The number of aldehydes is 1. The lowest BCUT2D eigenvalue weighted by atomic mass is 10.2. The van der Waals surface area contributed by atoms with Crippen molar-refractivity contribution in [3.63, 3.8) is 0 Å². The molecule has 2 rings (SSSR count). The van der Waals surface area contributed by atoms with Crippen molar-refractivity contribution in [2.24, 2.45) is 0 Å². The smallest absolute Gasteiger partial charge is 0.260 e. The molecule has 0 unspecified atom stereocenters. The van der Waals surface area contributed by atoms with E-state index in [1.807, 2.05) is 0 Å². The van der Waals surface area contributed by atoms with E-state index in [-0.39, 0.29) is 31.0 Å². The summed E-state index contributed by atoms with van der Waals surface area (Å²) in [5.74, 6) is 0.301. The highest BCUT2D eigenvalue weighted by Gasteiger charge is 2.24. The minimum Gasteiger partial charge on any atom is -0.497 e. The Balaban J connectivity index is 1.85. The van der Waals surface area contributed by atoms with Crippen LogP contribution < -0.4 is 14.8 Å². The van der Waals surface area contributed by atoms with Crippen LogP contribution >= 0.6 is 0 Å². The average Bonchev–Trinajstić information content (AvgIpc) is 3.35. The summed E-state index contributed by atoms with van der Waals surface area (Å²) < 4.78 is 10.4. The Morgan fingerprint density at radius 3 is 2.74 bits per heavy atom. The van der Waals surface area contributed by atoms with Crippen molar-refractivity contribution >= 4 is 18.1 Å². The van der Waals surface area contributed by atoms with E-state index in [1.54, 1.807) is 12.1 Å². The summed E-state index contributed by atoms with van der Waals surface area (Å²) in [6.07, 6.45) is 2.63. The van der Waals surface area contributed by atoms with E-state index in [9.17, 15) is 14.4 Å². The lowest BCUT2D eigenvalue weighted by Gasteiger charge is -2.17. The molecular weight excluding hydrogens is 300 g/mol. The molecule has 7 heteroatoms. The molecule has 0 spiro atoms. The SMILES string of the molecule is COc1ccc(OCC(=O)N(C)CC(=O)NC2CC2)c(C=O)c1. The van der Waals surface area contributed by atoms with Gasteiger partial charge < -0.3 is 19.7 Å². The summed E-state index contributed by atoms with van der Waals surface area (Å²) in [6, 6.07) is 4.99. The van der Waals surface area contributed by atoms with Gasteiger partial charge in [0, 0.05) is 13.1 Å². The molecular formula is C16H20N2O5. The van der Waals surface area contributed by atoms with Crippen LogP contribution in [0.2, 0.25) is 0 Å². The number of hydrogen-bond donors (Lipinski definition) is 1. The maximum absolute atomic E-state index is 12.0. The summed E-state index contributed by atoms with van der Waals surface area (Å²) in [4.78, 5) is 36.0. The van der Waals surface area contributed by atoms with Gasteiger partial charge in [-0.15, -0.1) is 0 Å². The van der Waals surface area contributed by atoms with Crippen molar-refractivity contribution in [2.75, 3.05) is 27.3 Å². The molecule has 1 N–H and O–H groups in total. The first-order valence-electron chi connectivity index (χ1n) is 7.33. The van der Waals surface area contributed by atoms with Crippen LogP contribution in [-0.4, -0.2) is 56.4 Å². The molecule has 0 aromatic heterocycles. The number of methoxy groups -OCH3 is 1. The molecule has 7 nitrogen and oxygen atoms in total. The molecule has 1 saturated carbocycles. The first-order chi connectivity index (χ1) is 11.0. The quantitative estimate of drug-likeness (QED) is 0.710. The van der Waals surface area contributed by atoms with Gasteiger partial charge in [0.2, 0.25) is 5.91 Å². The molecule has 0 aliphatic heterocycles. The Hall–Kier alpha value is -2.57. The minimum absolute atomic E-state index is 0.0121. The van der Waals surface area contributed by atoms with Gasteiger partial charge in [-0.25, -0.2) is 0 Å². The molecule has 124 valence electrons. The molecule has 2 amide bonds. The van der Waals surface area contributed by atoms with Crippen LogP contribution in [0.15, 0.2) is 18.2 Å². The predicted octanol–water partition coefficient (Wildman–Crippen LogP) is 0.623. The number of rotatable bonds is 8. The third kappa shape index (κ3) is 4.98. The highest BCUT2D eigenvalue weighted by molar-refractivity contribution is 5.86. The zero-order valence-corrected chi connectivity index (χ0v) is 13.2. The van der Waals surface area contributed by atoms with Crippen LogP contribution in [0.1, 0.15) is 23.2 Å². The van der Waals surface area contributed by atoms with Crippen molar-refractivity contribution < 1.29 is 23.9 Å². The average molecular weight is 320 g/mol. The third-order valence-electron chi connectivity index (χ3n) is 3.44. The number of benzene rings is 1. The molecule has 1 aromatic carbocycles. The number of nitrogens with zero attached hydrogens (tertiary/aromatic N) is 1. The van der Waals surface area contributed by atoms with Gasteiger partial charge in [-0.1, -0.05) is 0 Å². The molecule has 23 heavy (non-hydrogen) atoms. The van der Waals surface area contributed by atoms with Crippen molar-refractivity contribution in [2.45, 2.75) is 18.9 Å². The Morgan fingerprint density at radius 2 is 2.13 bits per heavy atom. The van der Waals surface area contributed by atoms with Gasteiger partial charge in [0.15, 0.2) is 12.9 Å². The van der Waals surface area contributed by atoms with Gasteiger partial charge in [0.05, 0.1) is 19.2 Å². The van der Waals surface area contributed by atoms with Gasteiger partial charge in [-0.3, -0.25) is 14.4 Å². The second-order valence-corrected chi connectivity index (χ2v) is 5.40. The largest absolute Gasteiger partial charge is 0.497 e.